The lowest BCUT2D eigenvalue weighted by molar-refractivity contribution is -0.136. The zero-order valence-electron chi connectivity index (χ0n) is 16.3. The van der Waals surface area contributed by atoms with Gasteiger partial charge in [-0.1, -0.05) is 36.4 Å². The summed E-state index contributed by atoms with van der Waals surface area (Å²) in [5.74, 6) is -0.860. The SMILES string of the molecule is COc1ccc(C)cc1NC(=O)C(=O)NCC1(c2ccccc2)CCOCC1. The first-order valence-electron chi connectivity index (χ1n) is 9.41. The van der Waals surface area contributed by atoms with Crippen molar-refractivity contribution in [2.45, 2.75) is 25.2 Å². The molecule has 1 fully saturated rings. The lowest BCUT2D eigenvalue weighted by Gasteiger charge is -2.37. The maximum absolute atomic E-state index is 12.5. The van der Waals surface area contributed by atoms with Crippen LogP contribution in [0.5, 0.6) is 5.75 Å². The second-order valence-electron chi connectivity index (χ2n) is 7.10. The summed E-state index contributed by atoms with van der Waals surface area (Å²) in [5.41, 5.74) is 2.36. The van der Waals surface area contributed by atoms with Gasteiger partial charge in [-0.3, -0.25) is 9.59 Å². The first-order chi connectivity index (χ1) is 13.5. The number of ether oxygens (including phenoxy) is 2. The Bertz CT molecular complexity index is 830. The summed E-state index contributed by atoms with van der Waals surface area (Å²) in [6, 6.07) is 15.5. The van der Waals surface area contributed by atoms with Crippen molar-refractivity contribution in [2.24, 2.45) is 0 Å². The number of amides is 2. The average Bonchev–Trinajstić information content (AvgIpc) is 2.73. The molecule has 0 aliphatic carbocycles. The number of hydrogen-bond acceptors (Lipinski definition) is 4. The van der Waals surface area contributed by atoms with E-state index < -0.39 is 11.8 Å². The normalized spacial score (nSPS) is 15.5. The van der Waals surface area contributed by atoms with Gasteiger partial charge in [-0.25, -0.2) is 0 Å². The summed E-state index contributed by atoms with van der Waals surface area (Å²) in [6.45, 7) is 3.57. The molecule has 2 N–H and O–H groups in total. The third-order valence-electron chi connectivity index (χ3n) is 5.23. The number of methoxy groups -OCH3 is 1. The van der Waals surface area contributed by atoms with Crippen molar-refractivity contribution < 1.29 is 19.1 Å². The minimum Gasteiger partial charge on any atom is -0.495 e. The van der Waals surface area contributed by atoms with Crippen molar-refractivity contribution in [2.75, 3.05) is 32.2 Å². The number of nitrogens with one attached hydrogen (secondary N) is 2. The minimum atomic E-state index is -0.709. The number of benzene rings is 2. The molecule has 0 spiro atoms. The van der Waals surface area contributed by atoms with Crippen LogP contribution in [0.4, 0.5) is 5.69 Å². The summed E-state index contributed by atoms with van der Waals surface area (Å²) in [4.78, 5) is 24.9. The Labute approximate surface area is 165 Å². The van der Waals surface area contributed by atoms with Crippen LogP contribution in [-0.2, 0) is 19.7 Å². The van der Waals surface area contributed by atoms with Gasteiger partial charge in [0.2, 0.25) is 0 Å². The van der Waals surface area contributed by atoms with Crippen LogP contribution in [0.2, 0.25) is 0 Å². The molecule has 0 unspecified atom stereocenters. The fourth-order valence-electron chi connectivity index (χ4n) is 3.55. The van der Waals surface area contributed by atoms with Crippen LogP contribution in [0, 0.1) is 6.92 Å². The van der Waals surface area contributed by atoms with E-state index in [2.05, 4.69) is 22.8 Å². The third-order valence-corrected chi connectivity index (χ3v) is 5.23. The number of anilines is 1. The molecule has 1 aliphatic heterocycles. The fourth-order valence-corrected chi connectivity index (χ4v) is 3.55. The first kappa shape index (κ1) is 19.9. The van der Waals surface area contributed by atoms with Gasteiger partial charge in [-0.05, 0) is 43.0 Å². The van der Waals surface area contributed by atoms with E-state index in [4.69, 9.17) is 9.47 Å². The van der Waals surface area contributed by atoms with Gasteiger partial charge in [0.1, 0.15) is 5.75 Å². The summed E-state index contributed by atoms with van der Waals surface area (Å²) in [6.07, 6.45) is 1.59. The molecular weight excluding hydrogens is 356 g/mol. The van der Waals surface area contributed by atoms with Gasteiger partial charge in [0.25, 0.3) is 0 Å². The van der Waals surface area contributed by atoms with Crippen molar-refractivity contribution in [3.8, 4) is 5.75 Å². The number of aryl methyl sites for hydroxylation is 1. The van der Waals surface area contributed by atoms with E-state index in [9.17, 15) is 9.59 Å². The van der Waals surface area contributed by atoms with Gasteiger partial charge in [0.15, 0.2) is 0 Å². The van der Waals surface area contributed by atoms with Crippen LogP contribution >= 0.6 is 0 Å². The molecule has 148 valence electrons. The van der Waals surface area contributed by atoms with Gasteiger partial charge in [-0.15, -0.1) is 0 Å². The number of rotatable bonds is 5. The molecule has 1 heterocycles. The highest BCUT2D eigenvalue weighted by atomic mass is 16.5. The van der Waals surface area contributed by atoms with Crippen molar-refractivity contribution >= 4 is 17.5 Å². The molecule has 2 amide bonds. The molecular formula is C22H26N2O4. The standard InChI is InChI=1S/C22H26N2O4/c1-16-8-9-19(27-2)18(14-16)24-21(26)20(25)23-15-22(10-12-28-13-11-22)17-6-4-3-5-7-17/h3-9,14H,10-13,15H2,1-2H3,(H,23,25)(H,24,26). The van der Waals surface area contributed by atoms with E-state index in [0.29, 0.717) is 31.2 Å². The van der Waals surface area contributed by atoms with Gasteiger partial charge < -0.3 is 20.1 Å². The molecule has 6 heteroatoms. The molecule has 0 bridgehead atoms. The zero-order chi connectivity index (χ0) is 20.0. The highest BCUT2D eigenvalue weighted by Gasteiger charge is 2.35. The van der Waals surface area contributed by atoms with Crippen LogP contribution in [-0.4, -0.2) is 38.7 Å². The lowest BCUT2D eigenvalue weighted by atomic mass is 9.74. The van der Waals surface area contributed by atoms with Crippen LogP contribution in [0.25, 0.3) is 0 Å². The Balaban J connectivity index is 1.68. The van der Waals surface area contributed by atoms with Crippen LogP contribution < -0.4 is 15.4 Å². The van der Waals surface area contributed by atoms with E-state index in [1.807, 2.05) is 31.2 Å². The van der Waals surface area contributed by atoms with Crippen molar-refractivity contribution in [3.05, 3.63) is 59.7 Å². The van der Waals surface area contributed by atoms with Crippen molar-refractivity contribution in [1.29, 1.82) is 0 Å². The largest absolute Gasteiger partial charge is 0.495 e. The Morgan fingerprint density at radius 2 is 1.79 bits per heavy atom. The average molecular weight is 382 g/mol. The molecule has 28 heavy (non-hydrogen) atoms. The van der Waals surface area contributed by atoms with E-state index in [1.54, 1.807) is 12.1 Å². The molecule has 6 nitrogen and oxygen atoms in total. The predicted molar refractivity (Wildman–Crippen MR) is 108 cm³/mol. The maximum atomic E-state index is 12.5. The van der Waals surface area contributed by atoms with Crippen LogP contribution in [0.15, 0.2) is 48.5 Å². The third kappa shape index (κ3) is 4.51. The molecule has 2 aromatic carbocycles. The monoisotopic (exact) mass is 382 g/mol. The van der Waals surface area contributed by atoms with Gasteiger partial charge in [0.05, 0.1) is 12.8 Å². The quantitative estimate of drug-likeness (QED) is 0.780. The fraction of sp³-hybridized carbons (Fsp3) is 0.364. The van der Waals surface area contributed by atoms with Gasteiger partial charge >= 0.3 is 11.8 Å². The van der Waals surface area contributed by atoms with E-state index >= 15 is 0 Å². The number of carbonyl (C=O) groups excluding carboxylic acids is 2. The smallest absolute Gasteiger partial charge is 0.313 e. The van der Waals surface area contributed by atoms with Crippen molar-refractivity contribution in [3.63, 3.8) is 0 Å². The zero-order valence-corrected chi connectivity index (χ0v) is 16.3. The summed E-state index contributed by atoms with van der Waals surface area (Å²) in [5, 5.41) is 5.46. The van der Waals surface area contributed by atoms with E-state index in [-0.39, 0.29) is 5.41 Å². The minimum absolute atomic E-state index is 0.226. The highest BCUT2D eigenvalue weighted by Crippen LogP contribution is 2.34. The second-order valence-corrected chi connectivity index (χ2v) is 7.10. The number of carbonyl (C=O) groups is 2. The summed E-state index contributed by atoms with van der Waals surface area (Å²) >= 11 is 0. The topological polar surface area (TPSA) is 76.7 Å². The van der Waals surface area contributed by atoms with E-state index in [1.165, 1.54) is 7.11 Å². The molecule has 1 aliphatic rings. The molecule has 0 atom stereocenters. The molecule has 1 saturated heterocycles. The Hall–Kier alpha value is -2.86. The number of hydrogen-bond donors (Lipinski definition) is 2. The first-order valence-corrected chi connectivity index (χ1v) is 9.41. The highest BCUT2D eigenvalue weighted by molar-refractivity contribution is 6.39. The van der Waals surface area contributed by atoms with Crippen LogP contribution in [0.1, 0.15) is 24.0 Å². The van der Waals surface area contributed by atoms with E-state index in [0.717, 1.165) is 24.0 Å². The molecule has 3 rings (SSSR count). The lowest BCUT2D eigenvalue weighted by Crippen LogP contribution is -2.47. The molecule has 0 aromatic heterocycles. The molecule has 2 aromatic rings. The van der Waals surface area contributed by atoms with Gasteiger partial charge in [-0.2, -0.15) is 0 Å². The maximum Gasteiger partial charge on any atom is 0.313 e. The summed E-state index contributed by atoms with van der Waals surface area (Å²) < 4.78 is 10.8. The van der Waals surface area contributed by atoms with Crippen molar-refractivity contribution in [1.82, 2.24) is 5.32 Å². The Kier molecular flexibility index (Phi) is 6.31. The second kappa shape index (κ2) is 8.89. The Morgan fingerprint density at radius 3 is 2.46 bits per heavy atom. The van der Waals surface area contributed by atoms with Gasteiger partial charge in [0, 0.05) is 25.2 Å². The Morgan fingerprint density at radius 1 is 1.07 bits per heavy atom. The molecule has 0 radical (unpaired) electrons. The predicted octanol–water partition coefficient (Wildman–Crippen LogP) is 2.81. The molecule has 0 saturated carbocycles. The van der Waals surface area contributed by atoms with Crippen LogP contribution in [0.3, 0.4) is 0 Å². The summed E-state index contributed by atoms with van der Waals surface area (Å²) in [7, 11) is 1.52.